The molecule has 4 heteroatoms. The van der Waals surface area contributed by atoms with Gasteiger partial charge in [0, 0.05) is 11.5 Å². The Hall–Kier alpha value is -1.13. The van der Waals surface area contributed by atoms with Crippen LogP contribution in [0.2, 0.25) is 0 Å². The maximum atomic E-state index is 6.37. The van der Waals surface area contributed by atoms with Crippen LogP contribution in [0.4, 0.5) is 0 Å². The van der Waals surface area contributed by atoms with Gasteiger partial charge in [-0.25, -0.2) is 4.98 Å². The van der Waals surface area contributed by atoms with Crippen molar-refractivity contribution in [2.75, 3.05) is 7.11 Å². The molecule has 102 valence electrons. The molecular weight excluding hydrogens is 256 g/mol. The summed E-state index contributed by atoms with van der Waals surface area (Å²) in [6.45, 7) is 2.27. The van der Waals surface area contributed by atoms with E-state index < -0.39 is 0 Å². The van der Waals surface area contributed by atoms with E-state index in [1.165, 1.54) is 22.5 Å². The van der Waals surface area contributed by atoms with Gasteiger partial charge < -0.3 is 10.5 Å². The molecule has 0 amide bonds. The van der Waals surface area contributed by atoms with Gasteiger partial charge in [-0.15, -0.1) is 11.3 Å². The zero-order valence-electron chi connectivity index (χ0n) is 11.5. The van der Waals surface area contributed by atoms with Gasteiger partial charge >= 0.3 is 0 Å². The molecule has 1 aromatic carbocycles. The number of nitrogens with two attached hydrogens (primary N) is 1. The molecule has 1 saturated carbocycles. The van der Waals surface area contributed by atoms with E-state index in [0.717, 1.165) is 24.1 Å². The third-order valence-electron chi connectivity index (χ3n) is 4.36. The zero-order chi connectivity index (χ0) is 13.5. The van der Waals surface area contributed by atoms with E-state index >= 15 is 0 Å². The Morgan fingerprint density at radius 1 is 1.42 bits per heavy atom. The first-order valence-corrected chi connectivity index (χ1v) is 7.66. The molecule has 2 atom stereocenters. The monoisotopic (exact) mass is 276 g/mol. The number of aromatic nitrogens is 1. The van der Waals surface area contributed by atoms with E-state index in [0.29, 0.717) is 0 Å². The lowest BCUT2D eigenvalue weighted by Gasteiger charge is -2.37. The Kier molecular flexibility index (Phi) is 3.23. The molecule has 3 rings (SSSR count). The van der Waals surface area contributed by atoms with Gasteiger partial charge in [0.2, 0.25) is 0 Å². The van der Waals surface area contributed by atoms with E-state index in [9.17, 15) is 0 Å². The van der Waals surface area contributed by atoms with Crippen LogP contribution in [-0.2, 0) is 5.41 Å². The van der Waals surface area contributed by atoms with Gasteiger partial charge in [-0.3, -0.25) is 0 Å². The minimum atomic E-state index is 0.0369. The predicted octanol–water partition coefficient (Wildman–Crippen LogP) is 3.46. The molecule has 1 heterocycles. The second-order valence-corrected chi connectivity index (χ2v) is 6.65. The van der Waals surface area contributed by atoms with Gasteiger partial charge in [0.15, 0.2) is 0 Å². The number of methoxy groups -OCH3 is 1. The summed E-state index contributed by atoms with van der Waals surface area (Å²) in [5.41, 5.74) is 7.46. The largest absolute Gasteiger partial charge is 0.497 e. The maximum Gasteiger partial charge on any atom is 0.120 e. The molecule has 1 fully saturated rings. The standard InChI is InChI=1S/C15H20N2OS/c1-15(8-4-3-5-13(15)16)14-17-11-7-6-10(18-2)9-12(11)19-14/h6-7,9,13H,3-5,8,16H2,1-2H3. The van der Waals surface area contributed by atoms with Crippen molar-refractivity contribution in [3.8, 4) is 5.75 Å². The van der Waals surface area contributed by atoms with E-state index in [-0.39, 0.29) is 11.5 Å². The van der Waals surface area contributed by atoms with Crippen LogP contribution in [0.1, 0.15) is 37.6 Å². The third kappa shape index (κ3) is 2.13. The Morgan fingerprint density at radius 3 is 3.00 bits per heavy atom. The molecule has 0 aliphatic heterocycles. The smallest absolute Gasteiger partial charge is 0.120 e. The maximum absolute atomic E-state index is 6.37. The second-order valence-electron chi connectivity index (χ2n) is 5.62. The molecule has 1 aliphatic rings. The first-order valence-electron chi connectivity index (χ1n) is 6.84. The molecule has 2 N–H and O–H groups in total. The summed E-state index contributed by atoms with van der Waals surface area (Å²) < 4.78 is 6.47. The van der Waals surface area contributed by atoms with Crippen molar-refractivity contribution >= 4 is 21.6 Å². The van der Waals surface area contributed by atoms with Crippen molar-refractivity contribution in [2.45, 2.75) is 44.1 Å². The molecule has 0 spiro atoms. The molecule has 1 aromatic heterocycles. The number of benzene rings is 1. The summed E-state index contributed by atoms with van der Waals surface area (Å²) in [6, 6.07) is 6.29. The Balaban J connectivity index is 2.04. The van der Waals surface area contributed by atoms with Crippen molar-refractivity contribution in [1.82, 2.24) is 4.98 Å². The second kappa shape index (κ2) is 4.76. The van der Waals surface area contributed by atoms with Crippen molar-refractivity contribution in [2.24, 2.45) is 5.73 Å². The topological polar surface area (TPSA) is 48.1 Å². The summed E-state index contributed by atoms with van der Waals surface area (Å²) in [5, 5.41) is 1.18. The highest BCUT2D eigenvalue weighted by molar-refractivity contribution is 7.18. The van der Waals surface area contributed by atoms with Crippen molar-refractivity contribution in [3.05, 3.63) is 23.2 Å². The fourth-order valence-electron chi connectivity index (χ4n) is 2.90. The summed E-state index contributed by atoms with van der Waals surface area (Å²) in [6.07, 6.45) is 4.75. The molecular formula is C15H20N2OS. The van der Waals surface area contributed by atoms with Crippen LogP contribution in [0, 0.1) is 0 Å². The summed E-state index contributed by atoms with van der Waals surface area (Å²) in [7, 11) is 1.70. The van der Waals surface area contributed by atoms with Gasteiger partial charge in [0.05, 0.1) is 17.3 Å². The summed E-state index contributed by atoms with van der Waals surface area (Å²) >= 11 is 1.76. The lowest BCUT2D eigenvalue weighted by atomic mass is 9.72. The SMILES string of the molecule is COc1ccc2nc(C3(C)CCCCC3N)sc2c1. The average Bonchev–Trinajstić information content (AvgIpc) is 2.85. The molecule has 0 saturated heterocycles. The van der Waals surface area contributed by atoms with Crippen LogP contribution in [0.25, 0.3) is 10.2 Å². The number of hydrogen-bond donors (Lipinski definition) is 1. The highest BCUT2D eigenvalue weighted by Gasteiger charge is 2.38. The van der Waals surface area contributed by atoms with Crippen LogP contribution in [0.5, 0.6) is 5.75 Å². The number of rotatable bonds is 2. The quantitative estimate of drug-likeness (QED) is 0.913. The van der Waals surface area contributed by atoms with Crippen LogP contribution in [-0.4, -0.2) is 18.1 Å². The van der Waals surface area contributed by atoms with E-state index in [4.69, 9.17) is 15.5 Å². The Bertz CT molecular complexity index is 595. The van der Waals surface area contributed by atoms with E-state index in [1.807, 2.05) is 12.1 Å². The van der Waals surface area contributed by atoms with Crippen LogP contribution >= 0.6 is 11.3 Å². The third-order valence-corrected chi connectivity index (χ3v) is 5.66. The summed E-state index contributed by atoms with van der Waals surface area (Å²) in [4.78, 5) is 4.82. The number of ether oxygens (including phenoxy) is 1. The number of nitrogens with zero attached hydrogens (tertiary/aromatic N) is 1. The minimum absolute atomic E-state index is 0.0369. The fourth-order valence-corrected chi connectivity index (χ4v) is 4.13. The van der Waals surface area contributed by atoms with E-state index in [2.05, 4.69) is 13.0 Å². The fraction of sp³-hybridized carbons (Fsp3) is 0.533. The lowest BCUT2D eigenvalue weighted by molar-refractivity contribution is 0.271. The van der Waals surface area contributed by atoms with Gasteiger partial charge in [-0.1, -0.05) is 19.8 Å². The van der Waals surface area contributed by atoms with Crippen LogP contribution in [0.15, 0.2) is 18.2 Å². The van der Waals surface area contributed by atoms with Crippen molar-refractivity contribution < 1.29 is 4.74 Å². The van der Waals surface area contributed by atoms with Crippen molar-refractivity contribution in [1.29, 1.82) is 0 Å². The first-order chi connectivity index (χ1) is 9.13. The normalized spacial score (nSPS) is 27.6. The number of thiazole rings is 1. The van der Waals surface area contributed by atoms with Gasteiger partial charge in [-0.2, -0.15) is 0 Å². The molecule has 0 radical (unpaired) electrons. The van der Waals surface area contributed by atoms with Crippen LogP contribution < -0.4 is 10.5 Å². The molecule has 1 aliphatic carbocycles. The molecule has 2 unspecified atom stereocenters. The lowest BCUT2D eigenvalue weighted by Crippen LogP contribution is -2.45. The minimum Gasteiger partial charge on any atom is -0.497 e. The van der Waals surface area contributed by atoms with Gasteiger partial charge in [-0.05, 0) is 31.0 Å². The average molecular weight is 276 g/mol. The first kappa shape index (κ1) is 12.9. The molecule has 19 heavy (non-hydrogen) atoms. The van der Waals surface area contributed by atoms with Crippen molar-refractivity contribution in [3.63, 3.8) is 0 Å². The molecule has 2 aromatic rings. The van der Waals surface area contributed by atoms with Gasteiger partial charge in [0.1, 0.15) is 10.8 Å². The zero-order valence-corrected chi connectivity index (χ0v) is 12.3. The van der Waals surface area contributed by atoms with Gasteiger partial charge in [0.25, 0.3) is 0 Å². The van der Waals surface area contributed by atoms with E-state index in [1.54, 1.807) is 18.4 Å². The molecule has 0 bridgehead atoms. The Labute approximate surface area is 117 Å². The Morgan fingerprint density at radius 2 is 2.26 bits per heavy atom. The number of fused-ring (bicyclic) bond motifs is 1. The predicted molar refractivity (Wildman–Crippen MR) is 80.0 cm³/mol. The van der Waals surface area contributed by atoms with Crippen LogP contribution in [0.3, 0.4) is 0 Å². The number of hydrogen-bond acceptors (Lipinski definition) is 4. The highest BCUT2D eigenvalue weighted by atomic mass is 32.1. The molecule has 3 nitrogen and oxygen atoms in total. The summed E-state index contributed by atoms with van der Waals surface area (Å²) in [5.74, 6) is 0.890. The highest BCUT2D eigenvalue weighted by Crippen LogP contribution is 2.41.